The molecule has 2 heterocycles. The van der Waals surface area contributed by atoms with Crippen molar-refractivity contribution in [2.75, 3.05) is 7.18 Å². The summed E-state index contributed by atoms with van der Waals surface area (Å²) < 4.78 is 9.50. The van der Waals surface area contributed by atoms with Gasteiger partial charge in [0.05, 0.1) is 12.8 Å². The van der Waals surface area contributed by atoms with Gasteiger partial charge in [-0.1, -0.05) is 32.6 Å². The van der Waals surface area contributed by atoms with Crippen LogP contribution in [0.3, 0.4) is 0 Å². The Bertz CT molecular complexity index is 677. The molecule has 2 fully saturated rings. The topological polar surface area (TPSA) is 83.6 Å². The number of nitrogens with one attached hydrogen (secondary N) is 1. The van der Waals surface area contributed by atoms with E-state index in [9.17, 15) is 23.6 Å². The number of likely N-dealkylation sites (tertiary alicyclic amines) is 1. The molecular formula is C18H23FN2O4. The third-order valence-electron chi connectivity index (χ3n) is 4.09. The Morgan fingerprint density at radius 2 is 1.84 bits per heavy atom. The van der Waals surface area contributed by atoms with E-state index in [1.807, 2.05) is 13.8 Å². The maximum Gasteiger partial charge on any atom is 0.262 e. The van der Waals surface area contributed by atoms with Crippen LogP contribution in [-0.4, -0.2) is 41.7 Å². The average molecular weight is 350 g/mol. The molecule has 6 nitrogen and oxygen atoms in total. The van der Waals surface area contributed by atoms with Gasteiger partial charge in [-0.15, -0.1) is 0 Å². The summed E-state index contributed by atoms with van der Waals surface area (Å²) in [5.41, 5.74) is 1.25. The van der Waals surface area contributed by atoms with Crippen LogP contribution in [0.25, 0.3) is 0 Å². The highest BCUT2D eigenvalue weighted by molar-refractivity contribution is 6.26. The number of carbonyl (C=O) groups is 4. The molecule has 1 N–H and O–H groups in total. The van der Waals surface area contributed by atoms with Gasteiger partial charge in [-0.05, 0) is 24.8 Å². The van der Waals surface area contributed by atoms with E-state index in [-0.39, 0.29) is 30.2 Å². The normalized spacial score (nSPS) is 24.3. The van der Waals surface area contributed by atoms with E-state index >= 15 is 0 Å². The van der Waals surface area contributed by atoms with Crippen LogP contribution in [0, 0.1) is 5.92 Å². The predicted molar refractivity (Wildman–Crippen MR) is 90.9 cm³/mol. The maximum atomic E-state index is 12.8. The summed E-state index contributed by atoms with van der Waals surface area (Å²) in [4.78, 5) is 49.7. The first-order valence-corrected chi connectivity index (χ1v) is 7.96. The number of carbonyl (C=O) groups excluding carboxylic acids is 4. The molecule has 0 saturated carbocycles. The molecule has 2 aliphatic heterocycles. The van der Waals surface area contributed by atoms with Crippen molar-refractivity contribution in [2.45, 2.75) is 39.7 Å². The Balaban J connectivity index is 0.00000151. The highest BCUT2D eigenvalue weighted by atomic mass is 19.1. The van der Waals surface area contributed by atoms with Crippen LogP contribution < -0.4 is 5.32 Å². The van der Waals surface area contributed by atoms with Crippen molar-refractivity contribution in [3.8, 4) is 0 Å². The zero-order valence-corrected chi connectivity index (χ0v) is 14.9. The molecule has 1 atom stereocenters. The smallest absolute Gasteiger partial charge is 0.262 e. The molecule has 0 aromatic rings. The molecule has 0 aliphatic carbocycles. The second kappa shape index (κ2) is 8.50. The number of rotatable bonds is 3. The number of alkyl halides is 1. The molecule has 0 aromatic heterocycles. The van der Waals surface area contributed by atoms with E-state index in [2.05, 4.69) is 11.9 Å². The van der Waals surface area contributed by atoms with Crippen molar-refractivity contribution < 1.29 is 23.6 Å². The first-order chi connectivity index (χ1) is 11.8. The molecule has 4 amide bonds. The summed E-state index contributed by atoms with van der Waals surface area (Å²) in [5.74, 6) is -1.98. The molecule has 2 saturated heterocycles. The molecule has 136 valence electrons. The molecule has 25 heavy (non-hydrogen) atoms. The minimum Gasteiger partial charge on any atom is -0.295 e. The van der Waals surface area contributed by atoms with Gasteiger partial charge in [0.2, 0.25) is 11.8 Å². The zero-order valence-electron chi connectivity index (χ0n) is 14.9. The number of hydrogen-bond acceptors (Lipinski definition) is 4. The van der Waals surface area contributed by atoms with Crippen molar-refractivity contribution in [3.05, 3.63) is 35.5 Å². The Labute approximate surface area is 146 Å². The number of halogens is 1. The van der Waals surface area contributed by atoms with Crippen LogP contribution in [-0.2, 0) is 19.2 Å². The van der Waals surface area contributed by atoms with Gasteiger partial charge in [0, 0.05) is 12.0 Å². The van der Waals surface area contributed by atoms with Gasteiger partial charge in [0.25, 0.3) is 11.8 Å². The van der Waals surface area contributed by atoms with Crippen molar-refractivity contribution in [3.63, 3.8) is 0 Å². The lowest BCUT2D eigenvalue weighted by Gasteiger charge is -2.27. The van der Waals surface area contributed by atoms with E-state index in [1.54, 1.807) is 19.1 Å². The van der Waals surface area contributed by atoms with Crippen molar-refractivity contribution >= 4 is 23.6 Å². The monoisotopic (exact) mass is 350 g/mol. The van der Waals surface area contributed by atoms with Crippen molar-refractivity contribution in [2.24, 2.45) is 5.92 Å². The number of imide groups is 2. The van der Waals surface area contributed by atoms with Crippen LogP contribution in [0.15, 0.2) is 35.5 Å². The second-order valence-corrected chi connectivity index (χ2v) is 5.84. The summed E-state index contributed by atoms with van der Waals surface area (Å²) >= 11 is 0. The Kier molecular flexibility index (Phi) is 6.97. The summed E-state index contributed by atoms with van der Waals surface area (Å²) in [6.45, 7) is 9.22. The summed E-state index contributed by atoms with van der Waals surface area (Å²) in [5, 5.41) is 2.18. The standard InChI is InChI=1S/C17H20N2O4.CH3F/c1-5-10(9(3)4)14-11(6-2)16(22)19(17(14)23)12-7-8-13(20)18-15(12)21;1-2/h5-6,9,12H,1,7-8H2,2-4H3,(H,18,20,21);1H3/b11-6+,14-10-;. The maximum absolute atomic E-state index is 12.8. The zero-order chi connectivity index (χ0) is 19.3. The first kappa shape index (κ1) is 20.5. The van der Waals surface area contributed by atoms with Crippen LogP contribution in [0.4, 0.5) is 4.39 Å². The largest absolute Gasteiger partial charge is 0.295 e. The summed E-state index contributed by atoms with van der Waals surface area (Å²) in [7, 11) is 0.500. The summed E-state index contributed by atoms with van der Waals surface area (Å²) in [6, 6.07) is -0.946. The number of piperidine rings is 1. The van der Waals surface area contributed by atoms with Gasteiger partial charge < -0.3 is 0 Å². The van der Waals surface area contributed by atoms with Crippen LogP contribution >= 0.6 is 0 Å². The number of hydrogen-bond donors (Lipinski definition) is 1. The Hall–Kier alpha value is -2.57. The highest BCUT2D eigenvalue weighted by Crippen LogP contribution is 2.33. The van der Waals surface area contributed by atoms with E-state index in [1.165, 1.54) is 0 Å². The van der Waals surface area contributed by atoms with Gasteiger partial charge in [-0.3, -0.25) is 33.8 Å². The lowest BCUT2D eigenvalue weighted by molar-refractivity contribution is -0.149. The lowest BCUT2D eigenvalue weighted by Crippen LogP contribution is -2.54. The molecule has 0 bridgehead atoms. The van der Waals surface area contributed by atoms with Crippen LogP contribution in [0.5, 0.6) is 0 Å². The first-order valence-electron chi connectivity index (χ1n) is 7.96. The molecule has 0 radical (unpaired) electrons. The molecule has 0 aromatic carbocycles. The summed E-state index contributed by atoms with van der Waals surface area (Å²) in [6.07, 6.45) is 3.41. The Morgan fingerprint density at radius 3 is 2.28 bits per heavy atom. The van der Waals surface area contributed by atoms with Gasteiger partial charge in [0.1, 0.15) is 6.04 Å². The molecule has 1 unspecified atom stereocenters. The van der Waals surface area contributed by atoms with Crippen LogP contribution in [0.1, 0.15) is 33.6 Å². The SMILES string of the molecule is C=C/C(=C1/C(=O)N(C2CCC(=O)NC2=O)C(=O)/C1=C/C)C(C)C.CF. The number of nitrogens with zero attached hydrogens (tertiary/aromatic N) is 1. The fourth-order valence-corrected chi connectivity index (χ4v) is 2.95. The second-order valence-electron chi connectivity index (χ2n) is 5.84. The van der Waals surface area contributed by atoms with Gasteiger partial charge in [0.15, 0.2) is 0 Å². The van der Waals surface area contributed by atoms with E-state index in [0.29, 0.717) is 18.3 Å². The lowest BCUT2D eigenvalue weighted by atomic mass is 9.93. The minimum absolute atomic E-state index is 0.0101. The van der Waals surface area contributed by atoms with E-state index in [4.69, 9.17) is 0 Å². The minimum atomic E-state index is -0.946. The molecule has 0 spiro atoms. The molecule has 2 rings (SSSR count). The fraction of sp³-hybridized carbons (Fsp3) is 0.444. The van der Waals surface area contributed by atoms with Crippen LogP contribution in [0.2, 0.25) is 0 Å². The van der Waals surface area contributed by atoms with Gasteiger partial charge >= 0.3 is 0 Å². The van der Waals surface area contributed by atoms with E-state index < -0.39 is 23.8 Å². The predicted octanol–water partition coefficient (Wildman–Crippen LogP) is 1.83. The van der Waals surface area contributed by atoms with Crippen molar-refractivity contribution in [1.29, 1.82) is 0 Å². The third-order valence-corrected chi connectivity index (χ3v) is 4.09. The molecular weight excluding hydrogens is 327 g/mol. The highest BCUT2D eigenvalue weighted by Gasteiger charge is 2.47. The number of amides is 4. The molecule has 7 heteroatoms. The third kappa shape index (κ3) is 3.75. The average Bonchev–Trinajstić information content (AvgIpc) is 2.81. The van der Waals surface area contributed by atoms with Gasteiger partial charge in [-0.2, -0.15) is 0 Å². The van der Waals surface area contributed by atoms with E-state index in [0.717, 1.165) is 4.90 Å². The Morgan fingerprint density at radius 1 is 1.24 bits per heavy atom. The van der Waals surface area contributed by atoms with Gasteiger partial charge in [-0.25, -0.2) is 0 Å². The number of allylic oxidation sites excluding steroid dienone is 3. The fourth-order valence-electron chi connectivity index (χ4n) is 2.95. The molecule has 2 aliphatic rings. The van der Waals surface area contributed by atoms with Crippen molar-refractivity contribution in [1.82, 2.24) is 10.2 Å². The quantitative estimate of drug-likeness (QED) is 0.622.